The highest BCUT2D eigenvalue weighted by atomic mass is 32.1. The second kappa shape index (κ2) is 16.3. The number of anilines is 3. The molecule has 0 radical (unpaired) electrons. The van der Waals surface area contributed by atoms with Crippen molar-refractivity contribution in [3.63, 3.8) is 0 Å². The van der Waals surface area contributed by atoms with Crippen molar-refractivity contribution in [1.82, 2.24) is 29.9 Å². The van der Waals surface area contributed by atoms with Crippen molar-refractivity contribution in [1.29, 1.82) is 10.5 Å². The third kappa shape index (κ3) is 7.89. The molecular weight excluding hydrogens is 791 g/mol. The van der Waals surface area contributed by atoms with Crippen LogP contribution in [0.2, 0.25) is 0 Å². The lowest BCUT2D eigenvalue weighted by Gasteiger charge is -2.35. The number of nitrogens with zero attached hydrogens (tertiary/aromatic N) is 9. The highest BCUT2D eigenvalue weighted by molar-refractivity contribution is 7.19. The highest BCUT2D eigenvalue weighted by Gasteiger charge is 2.27. The maximum absolute atomic E-state index is 9.40. The molecule has 4 N–H and O–H groups in total. The fourth-order valence-corrected chi connectivity index (χ4v) is 9.41. The molecule has 1 atom stereocenters. The minimum Gasteiger partial charge on any atom is -0.475 e. The van der Waals surface area contributed by atoms with E-state index in [1.165, 1.54) is 0 Å². The Morgan fingerprint density at radius 2 is 1.40 bits per heavy atom. The van der Waals surface area contributed by atoms with Gasteiger partial charge in [0, 0.05) is 70.3 Å². The van der Waals surface area contributed by atoms with Crippen LogP contribution in [0.4, 0.5) is 17.5 Å². The molecule has 2 aromatic carbocycles. The first-order valence-corrected chi connectivity index (χ1v) is 20.9. The molecule has 296 valence electrons. The number of aromatic nitrogens is 6. The summed E-state index contributed by atoms with van der Waals surface area (Å²) in [4.78, 5) is 34.5. The molecule has 9 rings (SSSR count). The number of benzene rings is 2. The number of hydrogen-bond donors (Lipinski definition) is 2. The maximum atomic E-state index is 9.40. The molecule has 13 nitrogen and oxygen atoms in total. The van der Waals surface area contributed by atoms with E-state index in [2.05, 4.69) is 45.2 Å². The van der Waals surface area contributed by atoms with Crippen molar-refractivity contribution < 1.29 is 9.47 Å². The van der Waals surface area contributed by atoms with E-state index in [0.717, 1.165) is 63.8 Å². The number of rotatable bonds is 10. The van der Waals surface area contributed by atoms with E-state index >= 15 is 0 Å². The van der Waals surface area contributed by atoms with E-state index in [4.69, 9.17) is 40.9 Å². The van der Waals surface area contributed by atoms with Crippen LogP contribution in [0.1, 0.15) is 57.5 Å². The van der Waals surface area contributed by atoms with Crippen LogP contribution in [-0.4, -0.2) is 55.7 Å². The Morgan fingerprint density at radius 1 is 0.783 bits per heavy atom. The van der Waals surface area contributed by atoms with Gasteiger partial charge in [0.05, 0.1) is 46.7 Å². The third-order valence-electron chi connectivity index (χ3n) is 10.1. The number of thiophene rings is 2. The monoisotopic (exact) mass is 827 g/mol. The van der Waals surface area contributed by atoms with Crippen LogP contribution in [0, 0.1) is 22.7 Å². The Bertz CT molecular complexity index is 3000. The van der Waals surface area contributed by atoms with Gasteiger partial charge in [-0.2, -0.15) is 10.5 Å². The lowest BCUT2D eigenvalue weighted by atomic mass is 10.0. The molecule has 60 heavy (non-hydrogen) atoms. The second-order valence-corrected chi connectivity index (χ2v) is 16.9. The SMILES string of the molecule is CC(C)Oc1ncc(C2CN(c3ncccc3Cc3cc4c(N)nc(-c5cccc(C#N)c5)nc4s3)CCO2)cc1Cc1cc2c(N)nc(-c3cccc(C#N)c3)nc2s1. The van der Waals surface area contributed by atoms with Crippen LogP contribution >= 0.6 is 22.7 Å². The molecule has 0 spiro atoms. The summed E-state index contributed by atoms with van der Waals surface area (Å²) < 4.78 is 12.6. The minimum atomic E-state index is -0.263. The average molecular weight is 828 g/mol. The first kappa shape index (κ1) is 38.5. The summed E-state index contributed by atoms with van der Waals surface area (Å²) in [6.07, 6.45) is 4.51. The van der Waals surface area contributed by atoms with Crippen LogP contribution in [0.25, 0.3) is 43.2 Å². The van der Waals surface area contributed by atoms with Crippen molar-refractivity contribution in [2.75, 3.05) is 36.1 Å². The van der Waals surface area contributed by atoms with Gasteiger partial charge in [-0.1, -0.05) is 30.3 Å². The number of morpholine rings is 1. The Morgan fingerprint density at radius 3 is 2.00 bits per heavy atom. The van der Waals surface area contributed by atoms with E-state index in [1.807, 2.05) is 62.6 Å². The van der Waals surface area contributed by atoms with Crippen molar-refractivity contribution >= 4 is 60.6 Å². The number of hydrogen-bond acceptors (Lipinski definition) is 15. The van der Waals surface area contributed by atoms with Gasteiger partial charge in [-0.25, -0.2) is 29.9 Å². The maximum Gasteiger partial charge on any atom is 0.217 e. The predicted molar refractivity (Wildman–Crippen MR) is 235 cm³/mol. The molecule has 0 bridgehead atoms. The first-order chi connectivity index (χ1) is 29.2. The third-order valence-corrected chi connectivity index (χ3v) is 12.1. The summed E-state index contributed by atoms with van der Waals surface area (Å²) in [7, 11) is 0. The standard InChI is InChI=1S/C45H37N11O2S2/c1-25(2)58-43-31(18-34-20-36-39(49)53-41(55-45(36)60-34)29-9-4-7-27(15-29)22-47)16-32(23-51-43)37-24-56(12-13-57-37)42-30(10-5-11-50-42)17-33-19-35-38(48)52-40(54-44(35)59-33)28-8-3-6-26(14-28)21-46/h3-11,14-16,19-20,23,25,37H,12-13,17-18,24H2,1-2H3,(H2,48,52,54)(H2,49,53,55). The molecule has 1 saturated heterocycles. The van der Waals surface area contributed by atoms with E-state index < -0.39 is 0 Å². The summed E-state index contributed by atoms with van der Waals surface area (Å²) in [5.74, 6) is 3.21. The summed E-state index contributed by atoms with van der Waals surface area (Å²) in [5.41, 5.74) is 18.4. The van der Waals surface area contributed by atoms with Crippen LogP contribution in [0.15, 0.2) is 91.3 Å². The number of ether oxygens (including phenoxy) is 2. The summed E-state index contributed by atoms with van der Waals surface area (Å²) in [5, 5.41) is 20.4. The number of nitrogens with two attached hydrogens (primary N) is 2. The zero-order valence-electron chi connectivity index (χ0n) is 32.7. The normalized spacial score (nSPS) is 14.1. The zero-order chi connectivity index (χ0) is 41.3. The molecule has 6 aromatic heterocycles. The first-order valence-electron chi connectivity index (χ1n) is 19.3. The van der Waals surface area contributed by atoms with Gasteiger partial charge in [-0.15, -0.1) is 22.7 Å². The zero-order valence-corrected chi connectivity index (χ0v) is 34.3. The minimum absolute atomic E-state index is 0.0743. The van der Waals surface area contributed by atoms with Crippen LogP contribution in [-0.2, 0) is 17.6 Å². The van der Waals surface area contributed by atoms with Gasteiger partial charge in [0.15, 0.2) is 11.6 Å². The van der Waals surface area contributed by atoms with Crippen molar-refractivity contribution in [2.24, 2.45) is 0 Å². The van der Waals surface area contributed by atoms with Crippen LogP contribution in [0.3, 0.4) is 0 Å². The average Bonchev–Trinajstić information content (AvgIpc) is 3.88. The molecule has 1 unspecified atom stereocenters. The van der Waals surface area contributed by atoms with Gasteiger partial charge >= 0.3 is 0 Å². The Kier molecular flexibility index (Phi) is 10.5. The fraction of sp³-hybridized carbons (Fsp3) is 0.200. The van der Waals surface area contributed by atoms with Gasteiger partial charge in [0.25, 0.3) is 0 Å². The van der Waals surface area contributed by atoms with Crippen LogP contribution < -0.4 is 21.1 Å². The predicted octanol–water partition coefficient (Wildman–Crippen LogP) is 8.27. The molecule has 7 heterocycles. The largest absolute Gasteiger partial charge is 0.475 e. The summed E-state index contributed by atoms with van der Waals surface area (Å²) in [6.45, 7) is 5.74. The quantitative estimate of drug-likeness (QED) is 0.134. The van der Waals surface area contributed by atoms with Crippen molar-refractivity contribution in [2.45, 2.75) is 38.9 Å². The molecule has 15 heteroatoms. The molecule has 8 aromatic rings. The number of pyridine rings is 2. The molecule has 1 fully saturated rings. The molecule has 1 aliphatic rings. The summed E-state index contributed by atoms with van der Waals surface area (Å²) >= 11 is 3.12. The molecular formula is C45H37N11O2S2. The lowest BCUT2D eigenvalue weighted by Crippen LogP contribution is -2.39. The van der Waals surface area contributed by atoms with Gasteiger partial charge in [0.2, 0.25) is 5.88 Å². The molecule has 1 aliphatic heterocycles. The Balaban J connectivity index is 0.966. The number of nitrogen functional groups attached to an aromatic ring is 2. The molecule has 0 saturated carbocycles. The van der Waals surface area contributed by atoms with Gasteiger partial charge in [-0.3, -0.25) is 0 Å². The van der Waals surface area contributed by atoms with Crippen molar-refractivity contribution in [3.8, 4) is 40.8 Å². The topological polar surface area (TPSA) is 199 Å². The lowest BCUT2D eigenvalue weighted by molar-refractivity contribution is 0.0391. The van der Waals surface area contributed by atoms with E-state index in [-0.39, 0.29) is 12.2 Å². The van der Waals surface area contributed by atoms with E-state index in [1.54, 1.807) is 46.9 Å². The van der Waals surface area contributed by atoms with Gasteiger partial charge in [0.1, 0.15) is 33.2 Å². The smallest absolute Gasteiger partial charge is 0.217 e. The second-order valence-electron chi connectivity index (χ2n) is 14.7. The van der Waals surface area contributed by atoms with E-state index in [9.17, 15) is 10.5 Å². The number of nitriles is 2. The van der Waals surface area contributed by atoms with Gasteiger partial charge < -0.3 is 25.8 Å². The molecule has 0 amide bonds. The molecule has 0 aliphatic carbocycles. The van der Waals surface area contributed by atoms with E-state index in [0.29, 0.717) is 72.8 Å². The highest BCUT2D eigenvalue weighted by Crippen LogP contribution is 2.36. The Labute approximate surface area is 353 Å². The van der Waals surface area contributed by atoms with Crippen molar-refractivity contribution in [3.05, 3.63) is 129 Å². The summed E-state index contributed by atoms with van der Waals surface area (Å²) in [6, 6.07) is 29.0. The Hall–Kier alpha value is -7.04. The van der Waals surface area contributed by atoms with Gasteiger partial charge in [-0.05, 0) is 67.9 Å². The fourth-order valence-electron chi connectivity index (χ4n) is 7.29. The van der Waals surface area contributed by atoms with Crippen LogP contribution in [0.5, 0.6) is 5.88 Å². The number of fused-ring (bicyclic) bond motifs is 2.